The van der Waals surface area contributed by atoms with Crippen molar-refractivity contribution in [1.29, 1.82) is 0 Å². The summed E-state index contributed by atoms with van der Waals surface area (Å²) in [6.07, 6.45) is 10.1. The standard InChI is InChI=1S/C30H46NO3/c1-6-7-8-9-10-11-13-17-27-20-16-21-29(22-27)34-25(2)24-33-30(32)26(3)31(4,5)23-28-18-14-12-15-19-28/h12,14-16,18-22,25-26H,6-11,13,17,23-24H2,1-5H3/q+1. The van der Waals surface area contributed by atoms with E-state index in [2.05, 4.69) is 51.4 Å². The summed E-state index contributed by atoms with van der Waals surface area (Å²) in [7, 11) is 4.13. The number of aryl methyl sites for hydroxylation is 1. The fourth-order valence-corrected chi connectivity index (χ4v) is 4.12. The van der Waals surface area contributed by atoms with Crippen molar-refractivity contribution in [2.75, 3.05) is 20.7 Å². The van der Waals surface area contributed by atoms with Gasteiger partial charge in [-0.25, -0.2) is 4.79 Å². The van der Waals surface area contributed by atoms with E-state index >= 15 is 0 Å². The highest BCUT2D eigenvalue weighted by atomic mass is 16.6. The monoisotopic (exact) mass is 468 g/mol. The number of hydrogen-bond acceptors (Lipinski definition) is 3. The Bertz CT molecular complexity index is 834. The van der Waals surface area contributed by atoms with Crippen molar-refractivity contribution in [3.8, 4) is 5.75 Å². The average molecular weight is 469 g/mol. The maximum absolute atomic E-state index is 12.7. The SMILES string of the molecule is CCCCCCCCCc1cccc(OC(C)COC(=O)C(C)[N+](C)(C)Cc2ccccc2)c1. The molecule has 0 aliphatic rings. The van der Waals surface area contributed by atoms with Crippen LogP contribution in [-0.4, -0.2) is 43.3 Å². The number of likely N-dealkylation sites (N-methyl/N-ethyl adjacent to an activating group) is 1. The second-order valence-electron chi connectivity index (χ2n) is 10.2. The molecule has 0 saturated heterocycles. The largest absolute Gasteiger partial charge is 0.487 e. The second-order valence-corrected chi connectivity index (χ2v) is 10.2. The molecule has 0 heterocycles. The lowest BCUT2D eigenvalue weighted by Crippen LogP contribution is -2.51. The van der Waals surface area contributed by atoms with Crippen LogP contribution >= 0.6 is 0 Å². The number of esters is 1. The fourth-order valence-electron chi connectivity index (χ4n) is 4.12. The Hall–Kier alpha value is -2.33. The van der Waals surface area contributed by atoms with Crippen LogP contribution in [0.25, 0.3) is 0 Å². The molecule has 2 aromatic carbocycles. The van der Waals surface area contributed by atoms with Crippen molar-refractivity contribution >= 4 is 5.97 Å². The summed E-state index contributed by atoms with van der Waals surface area (Å²) in [5.74, 6) is 0.654. The zero-order valence-electron chi connectivity index (χ0n) is 22.1. The number of quaternary nitrogens is 1. The molecule has 0 bridgehead atoms. The lowest BCUT2D eigenvalue weighted by molar-refractivity contribution is -0.917. The Kier molecular flexibility index (Phi) is 12.2. The maximum atomic E-state index is 12.7. The van der Waals surface area contributed by atoms with Crippen LogP contribution in [0.5, 0.6) is 5.75 Å². The number of rotatable bonds is 16. The van der Waals surface area contributed by atoms with Gasteiger partial charge in [-0.1, -0.05) is 87.9 Å². The van der Waals surface area contributed by atoms with E-state index in [0.29, 0.717) is 4.48 Å². The average Bonchev–Trinajstić information content (AvgIpc) is 2.82. The van der Waals surface area contributed by atoms with Crippen molar-refractivity contribution in [1.82, 2.24) is 0 Å². The van der Waals surface area contributed by atoms with Gasteiger partial charge in [0.1, 0.15) is 25.0 Å². The van der Waals surface area contributed by atoms with E-state index in [-0.39, 0.29) is 24.7 Å². The van der Waals surface area contributed by atoms with Gasteiger partial charge in [0.15, 0.2) is 6.04 Å². The van der Waals surface area contributed by atoms with E-state index < -0.39 is 0 Å². The van der Waals surface area contributed by atoms with E-state index in [1.54, 1.807) is 0 Å². The first-order valence-corrected chi connectivity index (χ1v) is 13.1. The Morgan fingerprint density at radius 3 is 2.21 bits per heavy atom. The molecule has 0 radical (unpaired) electrons. The van der Waals surface area contributed by atoms with Gasteiger partial charge in [0.25, 0.3) is 0 Å². The molecule has 0 fully saturated rings. The predicted molar refractivity (Wildman–Crippen MR) is 141 cm³/mol. The highest BCUT2D eigenvalue weighted by molar-refractivity contribution is 5.74. The van der Waals surface area contributed by atoms with Crippen molar-refractivity contribution < 1.29 is 18.8 Å². The number of carbonyl (C=O) groups is 1. The molecular formula is C30H46NO3+. The molecule has 0 aromatic heterocycles. The summed E-state index contributed by atoms with van der Waals surface area (Å²) in [6, 6.07) is 18.3. The number of carbonyl (C=O) groups excluding carboxylic acids is 1. The number of benzene rings is 2. The highest BCUT2D eigenvalue weighted by Crippen LogP contribution is 2.19. The number of nitrogens with zero attached hydrogens (tertiary/aromatic N) is 1. The lowest BCUT2D eigenvalue weighted by atomic mass is 10.0. The molecule has 0 aliphatic carbocycles. The quantitative estimate of drug-likeness (QED) is 0.152. The summed E-state index contributed by atoms with van der Waals surface area (Å²) in [6.45, 7) is 7.16. The molecule has 2 rings (SSSR count). The van der Waals surface area contributed by atoms with Crippen molar-refractivity contribution in [3.63, 3.8) is 0 Å². The summed E-state index contributed by atoms with van der Waals surface area (Å²) in [4.78, 5) is 12.7. The van der Waals surface area contributed by atoms with E-state index in [4.69, 9.17) is 9.47 Å². The van der Waals surface area contributed by atoms with E-state index in [1.165, 1.54) is 56.1 Å². The van der Waals surface area contributed by atoms with Crippen LogP contribution in [0.3, 0.4) is 0 Å². The van der Waals surface area contributed by atoms with Gasteiger partial charge in [0.05, 0.1) is 14.1 Å². The Labute approximate surface area is 207 Å². The normalized spacial score (nSPS) is 13.3. The molecule has 4 heteroatoms. The van der Waals surface area contributed by atoms with Gasteiger partial charge >= 0.3 is 5.97 Å². The summed E-state index contributed by atoms with van der Waals surface area (Å²) in [5.41, 5.74) is 2.52. The first kappa shape index (κ1) is 27.9. The number of hydrogen-bond donors (Lipinski definition) is 0. The van der Waals surface area contributed by atoms with Crippen LogP contribution < -0.4 is 4.74 Å². The Morgan fingerprint density at radius 2 is 1.50 bits per heavy atom. The molecule has 0 spiro atoms. The molecule has 0 amide bonds. The van der Waals surface area contributed by atoms with Crippen LogP contribution in [0.1, 0.15) is 76.8 Å². The number of unbranched alkanes of at least 4 members (excludes halogenated alkanes) is 6. The Balaban J connectivity index is 1.74. The topological polar surface area (TPSA) is 35.5 Å². The third kappa shape index (κ3) is 10.3. The summed E-state index contributed by atoms with van der Waals surface area (Å²) < 4.78 is 12.2. The molecule has 4 nitrogen and oxygen atoms in total. The third-order valence-corrected chi connectivity index (χ3v) is 6.59. The third-order valence-electron chi connectivity index (χ3n) is 6.59. The van der Waals surface area contributed by atoms with E-state index in [0.717, 1.165) is 18.7 Å². The van der Waals surface area contributed by atoms with Gasteiger partial charge in [-0.3, -0.25) is 0 Å². The fraction of sp³-hybridized carbons (Fsp3) is 0.567. The minimum atomic E-state index is -0.266. The van der Waals surface area contributed by atoms with Crippen LogP contribution in [-0.2, 0) is 22.5 Å². The van der Waals surface area contributed by atoms with Crippen LogP contribution in [0.4, 0.5) is 0 Å². The number of ether oxygens (including phenoxy) is 2. The molecule has 0 aliphatic heterocycles. The van der Waals surface area contributed by atoms with Crippen LogP contribution in [0, 0.1) is 0 Å². The van der Waals surface area contributed by atoms with E-state index in [9.17, 15) is 4.79 Å². The van der Waals surface area contributed by atoms with Gasteiger partial charge in [-0.15, -0.1) is 0 Å². The van der Waals surface area contributed by atoms with Gasteiger partial charge in [-0.2, -0.15) is 0 Å². The predicted octanol–water partition coefficient (Wildman–Crippen LogP) is 6.96. The summed E-state index contributed by atoms with van der Waals surface area (Å²) >= 11 is 0. The molecule has 188 valence electrons. The lowest BCUT2D eigenvalue weighted by Gasteiger charge is -2.34. The highest BCUT2D eigenvalue weighted by Gasteiger charge is 2.32. The minimum Gasteiger partial charge on any atom is -0.487 e. The Morgan fingerprint density at radius 1 is 0.853 bits per heavy atom. The van der Waals surface area contributed by atoms with E-state index in [1.807, 2.05) is 38.1 Å². The first-order chi connectivity index (χ1) is 16.3. The zero-order valence-corrected chi connectivity index (χ0v) is 22.1. The van der Waals surface area contributed by atoms with Crippen LogP contribution in [0.15, 0.2) is 54.6 Å². The molecule has 0 saturated carbocycles. The van der Waals surface area contributed by atoms with Crippen molar-refractivity contribution in [2.24, 2.45) is 0 Å². The molecule has 2 aromatic rings. The zero-order chi connectivity index (χ0) is 24.8. The summed E-state index contributed by atoms with van der Waals surface area (Å²) in [5, 5.41) is 0. The molecule has 2 unspecified atom stereocenters. The van der Waals surface area contributed by atoms with Crippen molar-refractivity contribution in [2.45, 2.75) is 90.8 Å². The first-order valence-electron chi connectivity index (χ1n) is 13.1. The van der Waals surface area contributed by atoms with Crippen LogP contribution in [0.2, 0.25) is 0 Å². The molecule has 2 atom stereocenters. The molecule has 0 N–H and O–H groups in total. The minimum absolute atomic E-state index is 0.191. The molecular weight excluding hydrogens is 422 g/mol. The van der Waals surface area contributed by atoms with Gasteiger partial charge in [0, 0.05) is 5.56 Å². The van der Waals surface area contributed by atoms with Gasteiger partial charge in [0.2, 0.25) is 0 Å². The maximum Gasteiger partial charge on any atom is 0.364 e. The smallest absolute Gasteiger partial charge is 0.364 e. The van der Waals surface area contributed by atoms with Gasteiger partial charge < -0.3 is 14.0 Å². The second kappa shape index (κ2) is 14.8. The molecule has 34 heavy (non-hydrogen) atoms. The van der Waals surface area contributed by atoms with Gasteiger partial charge in [-0.05, 0) is 44.4 Å². The van der Waals surface area contributed by atoms with Crippen molar-refractivity contribution in [3.05, 3.63) is 65.7 Å².